The zero-order valence-corrected chi connectivity index (χ0v) is 17.7. The molecule has 1 aromatic heterocycles. The minimum Gasteiger partial charge on any atom is -0.451 e. The van der Waals surface area contributed by atoms with E-state index >= 15 is 0 Å². The van der Waals surface area contributed by atoms with Crippen molar-refractivity contribution >= 4 is 23.6 Å². The summed E-state index contributed by atoms with van der Waals surface area (Å²) in [5.74, 6) is 1.78. The van der Waals surface area contributed by atoms with Crippen LogP contribution in [-0.4, -0.2) is 44.2 Å². The molecule has 4 saturated carbocycles. The molecule has 0 atom stereocenters. The summed E-state index contributed by atoms with van der Waals surface area (Å²) in [4.78, 5) is 25.6. The Kier molecular flexibility index (Phi) is 5.08. The Morgan fingerprint density at radius 2 is 1.77 bits per heavy atom. The van der Waals surface area contributed by atoms with Gasteiger partial charge in [-0.3, -0.25) is 4.79 Å². The number of rotatable bonds is 6. The first-order valence-corrected chi connectivity index (χ1v) is 11.0. The summed E-state index contributed by atoms with van der Waals surface area (Å²) in [5.41, 5.74) is 0.867. The second-order valence-electron chi connectivity index (χ2n) is 9.40. The fourth-order valence-electron chi connectivity index (χ4n) is 6.17. The molecular weight excluding hydrogens is 394 g/mol. The van der Waals surface area contributed by atoms with Crippen LogP contribution in [0.5, 0.6) is 0 Å². The Morgan fingerprint density at radius 3 is 2.35 bits per heavy atom. The van der Waals surface area contributed by atoms with Crippen LogP contribution < -0.4 is 5.32 Å². The standard InChI is InChI=1S/C23H27N5O3/c1-15-25-26-27-28(15)20(10-16-5-3-2-4-6-16)22(30)31-14-21(29)24-23-11-17-7-18(12-23)9-19(8-17)13-23/h2-6,10,17-19H,7-9,11-14H2,1H3,(H,24,29)/b20-10-. The van der Waals surface area contributed by atoms with E-state index in [1.165, 1.54) is 23.9 Å². The average Bonchev–Trinajstić information content (AvgIpc) is 3.15. The molecule has 4 aliphatic carbocycles. The molecule has 4 aliphatic rings. The number of hydrogen-bond donors (Lipinski definition) is 1. The summed E-state index contributed by atoms with van der Waals surface area (Å²) in [6.07, 6.45) is 8.75. The van der Waals surface area contributed by atoms with Crippen LogP contribution in [0.1, 0.15) is 49.9 Å². The van der Waals surface area contributed by atoms with Crippen LogP contribution in [-0.2, 0) is 14.3 Å². The number of nitrogens with one attached hydrogen (secondary N) is 1. The molecule has 0 unspecified atom stereocenters. The highest BCUT2D eigenvalue weighted by Gasteiger charge is 2.51. The molecule has 31 heavy (non-hydrogen) atoms. The highest BCUT2D eigenvalue weighted by molar-refractivity contribution is 6.15. The predicted molar refractivity (Wildman–Crippen MR) is 113 cm³/mol. The molecule has 1 aromatic carbocycles. The lowest BCUT2D eigenvalue weighted by Gasteiger charge is -2.56. The molecular formula is C23H27N5O3. The molecule has 0 radical (unpaired) electrons. The Bertz CT molecular complexity index is 978. The molecule has 1 N–H and O–H groups in total. The monoisotopic (exact) mass is 421 g/mol. The Balaban J connectivity index is 1.26. The number of esters is 1. The lowest BCUT2D eigenvalue weighted by molar-refractivity contribution is -0.145. The van der Waals surface area contributed by atoms with E-state index in [2.05, 4.69) is 20.8 Å². The average molecular weight is 422 g/mol. The van der Waals surface area contributed by atoms with Crippen LogP contribution in [0.2, 0.25) is 0 Å². The van der Waals surface area contributed by atoms with Crippen molar-refractivity contribution in [2.24, 2.45) is 17.8 Å². The van der Waals surface area contributed by atoms with E-state index in [4.69, 9.17) is 4.74 Å². The third-order valence-corrected chi connectivity index (χ3v) is 6.94. The van der Waals surface area contributed by atoms with E-state index in [1.807, 2.05) is 30.3 Å². The van der Waals surface area contributed by atoms with Crippen LogP contribution >= 0.6 is 0 Å². The van der Waals surface area contributed by atoms with Gasteiger partial charge in [0.15, 0.2) is 18.1 Å². The van der Waals surface area contributed by atoms with E-state index < -0.39 is 5.97 Å². The van der Waals surface area contributed by atoms with Gasteiger partial charge in [-0.2, -0.15) is 4.68 Å². The van der Waals surface area contributed by atoms with Crippen molar-refractivity contribution in [1.82, 2.24) is 25.5 Å². The smallest absolute Gasteiger partial charge is 0.357 e. The van der Waals surface area contributed by atoms with Gasteiger partial charge < -0.3 is 10.1 Å². The summed E-state index contributed by atoms with van der Waals surface area (Å²) in [6, 6.07) is 9.38. The van der Waals surface area contributed by atoms with E-state index in [0.29, 0.717) is 5.82 Å². The normalized spacial score (nSPS) is 29.1. The number of nitrogens with zero attached hydrogens (tertiary/aromatic N) is 4. The molecule has 8 heteroatoms. The third-order valence-electron chi connectivity index (χ3n) is 6.94. The quantitative estimate of drug-likeness (QED) is 0.569. The molecule has 4 fully saturated rings. The van der Waals surface area contributed by atoms with Gasteiger partial charge in [-0.15, -0.1) is 5.10 Å². The largest absolute Gasteiger partial charge is 0.451 e. The molecule has 0 spiro atoms. The zero-order chi connectivity index (χ0) is 21.4. The Hall–Kier alpha value is -3.03. The summed E-state index contributed by atoms with van der Waals surface area (Å²) < 4.78 is 6.72. The number of benzene rings is 1. The first-order valence-electron chi connectivity index (χ1n) is 11.0. The zero-order valence-electron chi connectivity index (χ0n) is 17.7. The van der Waals surface area contributed by atoms with Crippen molar-refractivity contribution in [3.8, 4) is 0 Å². The third kappa shape index (κ3) is 4.11. The number of carbonyl (C=O) groups excluding carboxylic acids is 2. The maximum atomic E-state index is 12.9. The van der Waals surface area contributed by atoms with Crippen molar-refractivity contribution in [3.05, 3.63) is 41.7 Å². The van der Waals surface area contributed by atoms with Crippen molar-refractivity contribution < 1.29 is 14.3 Å². The van der Waals surface area contributed by atoms with Crippen molar-refractivity contribution in [3.63, 3.8) is 0 Å². The van der Waals surface area contributed by atoms with Crippen LogP contribution in [0.15, 0.2) is 30.3 Å². The number of ether oxygens (including phenoxy) is 1. The minimum absolute atomic E-state index is 0.104. The molecule has 2 aromatic rings. The van der Waals surface area contributed by atoms with Gasteiger partial charge in [0.05, 0.1) is 0 Å². The van der Waals surface area contributed by atoms with Crippen LogP contribution in [0.25, 0.3) is 11.8 Å². The molecule has 6 rings (SSSR count). The van der Waals surface area contributed by atoms with E-state index in [9.17, 15) is 9.59 Å². The van der Waals surface area contributed by atoms with Gasteiger partial charge in [0.2, 0.25) is 0 Å². The van der Waals surface area contributed by atoms with Crippen molar-refractivity contribution in [1.29, 1.82) is 0 Å². The SMILES string of the molecule is Cc1nnnn1/C(=C\c1ccccc1)C(=O)OCC(=O)NC12CC3CC(CC(C3)C1)C2. The van der Waals surface area contributed by atoms with Crippen molar-refractivity contribution in [2.75, 3.05) is 6.61 Å². The number of aromatic nitrogens is 4. The van der Waals surface area contributed by atoms with Gasteiger partial charge in [0.1, 0.15) is 0 Å². The molecule has 162 valence electrons. The lowest BCUT2D eigenvalue weighted by Crippen LogP contribution is -2.60. The number of amides is 1. The maximum Gasteiger partial charge on any atom is 0.357 e. The first kappa shape index (κ1) is 19.9. The Morgan fingerprint density at radius 1 is 1.13 bits per heavy atom. The van der Waals surface area contributed by atoms with E-state index in [1.54, 1.807) is 13.0 Å². The molecule has 0 aliphatic heterocycles. The molecule has 1 heterocycles. The molecule has 8 nitrogen and oxygen atoms in total. The highest BCUT2D eigenvalue weighted by Crippen LogP contribution is 2.55. The first-order chi connectivity index (χ1) is 15.0. The van der Waals surface area contributed by atoms with Crippen LogP contribution in [0.4, 0.5) is 0 Å². The topological polar surface area (TPSA) is 99.0 Å². The second-order valence-corrected chi connectivity index (χ2v) is 9.40. The summed E-state index contributed by atoms with van der Waals surface area (Å²) in [6.45, 7) is 1.39. The van der Waals surface area contributed by atoms with Gasteiger partial charge >= 0.3 is 5.97 Å². The van der Waals surface area contributed by atoms with E-state index in [-0.39, 0.29) is 23.8 Å². The van der Waals surface area contributed by atoms with Gasteiger partial charge in [0, 0.05) is 5.54 Å². The predicted octanol–water partition coefficient (Wildman–Crippen LogP) is 2.61. The van der Waals surface area contributed by atoms with Crippen molar-refractivity contribution in [2.45, 2.75) is 51.0 Å². The number of aryl methyl sites for hydroxylation is 1. The minimum atomic E-state index is -0.639. The summed E-state index contributed by atoms with van der Waals surface area (Å²) in [5, 5.41) is 14.6. The van der Waals surface area contributed by atoms with Gasteiger partial charge in [-0.25, -0.2) is 4.79 Å². The van der Waals surface area contributed by atoms with Gasteiger partial charge in [-0.05, 0) is 85.3 Å². The second kappa shape index (κ2) is 7.90. The summed E-state index contributed by atoms with van der Waals surface area (Å²) in [7, 11) is 0. The summed E-state index contributed by atoms with van der Waals surface area (Å²) >= 11 is 0. The maximum absolute atomic E-state index is 12.9. The van der Waals surface area contributed by atoms with Crippen LogP contribution in [0.3, 0.4) is 0 Å². The fraction of sp³-hybridized carbons (Fsp3) is 0.522. The fourth-order valence-corrected chi connectivity index (χ4v) is 6.17. The number of tetrazole rings is 1. The number of carbonyl (C=O) groups is 2. The van der Waals surface area contributed by atoms with Gasteiger partial charge in [0.25, 0.3) is 5.91 Å². The number of hydrogen-bond acceptors (Lipinski definition) is 6. The lowest BCUT2D eigenvalue weighted by atomic mass is 9.53. The molecule has 1 amide bonds. The van der Waals surface area contributed by atoms with Crippen LogP contribution in [0, 0.1) is 24.7 Å². The molecule has 4 bridgehead atoms. The Labute approximate surface area is 181 Å². The molecule has 0 saturated heterocycles. The highest BCUT2D eigenvalue weighted by atomic mass is 16.5. The van der Waals surface area contributed by atoms with E-state index in [0.717, 1.165) is 42.6 Å². The van der Waals surface area contributed by atoms with Gasteiger partial charge in [-0.1, -0.05) is 30.3 Å².